The van der Waals surface area contributed by atoms with Gasteiger partial charge in [-0.05, 0) is 71.1 Å². The molecular weight excluding hydrogens is 532 g/mol. The molecule has 0 spiro atoms. The van der Waals surface area contributed by atoms with Gasteiger partial charge < -0.3 is 35.8 Å². The van der Waals surface area contributed by atoms with E-state index in [0.717, 1.165) is 6.42 Å². The van der Waals surface area contributed by atoms with Gasteiger partial charge in [0, 0.05) is 12.6 Å². The molecule has 0 aromatic heterocycles. The highest BCUT2D eigenvalue weighted by Crippen LogP contribution is 2.29. The van der Waals surface area contributed by atoms with Gasteiger partial charge in [-0.25, -0.2) is 4.79 Å². The first-order valence-electron chi connectivity index (χ1n) is 13.9. The molecule has 41 heavy (non-hydrogen) atoms. The number of primary amides is 1. The topological polar surface area (TPSA) is 177 Å². The summed E-state index contributed by atoms with van der Waals surface area (Å²) in [6, 6.07) is 2.59. The number of nitrogens with two attached hydrogens (primary N) is 1. The largest absolute Gasteiger partial charge is 0.508 e. The molecule has 1 rings (SSSR count). The number of amides is 4. The lowest BCUT2D eigenvalue weighted by molar-refractivity contribution is -0.146. The zero-order valence-corrected chi connectivity index (χ0v) is 25.2. The number of hydrogen-bond acceptors (Lipinski definition) is 8. The van der Waals surface area contributed by atoms with Crippen molar-refractivity contribution >= 4 is 29.8 Å². The van der Waals surface area contributed by atoms with Crippen LogP contribution in [0, 0.1) is 5.92 Å². The quantitative estimate of drug-likeness (QED) is 0.230. The van der Waals surface area contributed by atoms with E-state index in [0.29, 0.717) is 17.9 Å². The lowest BCUT2D eigenvalue weighted by Gasteiger charge is -2.38. The second-order valence-corrected chi connectivity index (χ2v) is 11.3. The molecule has 0 heterocycles. The summed E-state index contributed by atoms with van der Waals surface area (Å²) in [6.07, 6.45) is -0.310. The Labute approximate surface area is 242 Å². The maximum atomic E-state index is 14.2. The molecule has 0 saturated heterocycles. The predicted octanol–water partition coefficient (Wildman–Crippen LogP) is 2.92. The summed E-state index contributed by atoms with van der Waals surface area (Å²) in [4.78, 5) is 65.6. The molecule has 0 aliphatic heterocycles. The fourth-order valence-electron chi connectivity index (χ4n) is 4.06. The normalized spacial score (nSPS) is 13.5. The summed E-state index contributed by atoms with van der Waals surface area (Å²) in [5, 5.41) is 15.0. The smallest absolute Gasteiger partial charge is 0.408 e. The van der Waals surface area contributed by atoms with Gasteiger partial charge in [0.05, 0.1) is 19.4 Å². The number of esters is 1. The van der Waals surface area contributed by atoms with E-state index in [1.54, 1.807) is 34.6 Å². The number of phenols is 1. The number of phenolic OH excluding ortho intramolecular Hbond substituents is 1. The van der Waals surface area contributed by atoms with E-state index in [4.69, 9.17) is 15.2 Å². The third kappa shape index (κ3) is 12.9. The number of hydrogen-bond donors (Lipinski definition) is 4. The molecule has 0 aliphatic carbocycles. The number of aromatic hydroxyl groups is 1. The second-order valence-electron chi connectivity index (χ2n) is 11.3. The highest BCUT2D eigenvalue weighted by molar-refractivity contribution is 5.94. The van der Waals surface area contributed by atoms with Gasteiger partial charge in [-0.3, -0.25) is 19.2 Å². The number of nitrogens with one attached hydrogen (secondary N) is 2. The lowest BCUT2D eigenvalue weighted by atomic mass is 9.96. The van der Waals surface area contributed by atoms with Crippen LogP contribution in [0.15, 0.2) is 24.3 Å². The zero-order valence-electron chi connectivity index (χ0n) is 25.2. The molecule has 230 valence electrons. The number of rotatable bonds is 15. The van der Waals surface area contributed by atoms with Gasteiger partial charge in [-0.1, -0.05) is 26.0 Å². The summed E-state index contributed by atoms with van der Waals surface area (Å²) in [6.45, 7) is 12.6. The van der Waals surface area contributed by atoms with E-state index in [1.165, 1.54) is 29.2 Å². The Morgan fingerprint density at radius 1 is 1.02 bits per heavy atom. The maximum Gasteiger partial charge on any atom is 0.408 e. The standard InChI is InChI=1S/C29H46N4O8/c1-8-40-24(36)15-16-31-26(37)25(20-11-13-21(34)14-12-20)33(19(4)10-9-18(2)3)27(38)22(17-23(30)35)32-28(39)41-29(5,6)7/h11-14,18-19,22,25,34H,8-10,15-17H2,1-7H3,(H2,30,35)(H,31,37)(H,32,39). The predicted molar refractivity (Wildman–Crippen MR) is 152 cm³/mol. The van der Waals surface area contributed by atoms with Gasteiger partial charge in [0.15, 0.2) is 0 Å². The summed E-state index contributed by atoms with van der Waals surface area (Å²) in [7, 11) is 0. The number of alkyl carbamates (subject to hydrolysis) is 1. The summed E-state index contributed by atoms with van der Waals surface area (Å²) < 4.78 is 10.2. The summed E-state index contributed by atoms with van der Waals surface area (Å²) in [5.41, 5.74) is 4.94. The molecule has 1 aromatic carbocycles. The number of carbonyl (C=O) groups excluding carboxylic acids is 5. The van der Waals surface area contributed by atoms with Crippen molar-refractivity contribution in [3.05, 3.63) is 29.8 Å². The third-order valence-corrected chi connectivity index (χ3v) is 5.95. The van der Waals surface area contributed by atoms with Crippen LogP contribution in [0.2, 0.25) is 0 Å². The van der Waals surface area contributed by atoms with E-state index in [1.807, 2.05) is 13.8 Å². The Morgan fingerprint density at radius 3 is 2.15 bits per heavy atom. The van der Waals surface area contributed by atoms with Crippen molar-refractivity contribution < 1.29 is 38.6 Å². The number of carbonyl (C=O) groups is 5. The van der Waals surface area contributed by atoms with Crippen molar-refractivity contribution in [1.29, 1.82) is 0 Å². The number of ether oxygens (including phenoxy) is 2. The van der Waals surface area contributed by atoms with Crippen molar-refractivity contribution in [2.45, 2.75) is 97.9 Å². The molecule has 12 nitrogen and oxygen atoms in total. The average Bonchev–Trinajstić information content (AvgIpc) is 2.84. The summed E-state index contributed by atoms with van der Waals surface area (Å²) in [5.74, 6) is -2.39. The average molecular weight is 579 g/mol. The van der Waals surface area contributed by atoms with Crippen LogP contribution >= 0.6 is 0 Å². The first-order chi connectivity index (χ1) is 19.0. The van der Waals surface area contributed by atoms with Crippen LogP contribution in [-0.4, -0.2) is 70.6 Å². The van der Waals surface area contributed by atoms with Crippen molar-refractivity contribution in [3.63, 3.8) is 0 Å². The molecule has 5 N–H and O–H groups in total. The summed E-state index contributed by atoms with van der Waals surface area (Å²) >= 11 is 0. The van der Waals surface area contributed by atoms with Crippen LogP contribution in [0.25, 0.3) is 0 Å². The van der Waals surface area contributed by atoms with Gasteiger partial charge in [-0.15, -0.1) is 0 Å². The van der Waals surface area contributed by atoms with E-state index in [9.17, 15) is 29.1 Å². The highest BCUT2D eigenvalue weighted by Gasteiger charge is 2.39. The van der Waals surface area contributed by atoms with Crippen LogP contribution in [-0.2, 0) is 28.7 Å². The van der Waals surface area contributed by atoms with Crippen LogP contribution < -0.4 is 16.4 Å². The monoisotopic (exact) mass is 578 g/mol. The number of benzene rings is 1. The van der Waals surface area contributed by atoms with Crippen molar-refractivity contribution in [2.24, 2.45) is 11.7 Å². The second kappa shape index (κ2) is 16.4. The van der Waals surface area contributed by atoms with Crippen LogP contribution in [0.3, 0.4) is 0 Å². The molecule has 0 saturated carbocycles. The Kier molecular flexibility index (Phi) is 14.1. The minimum Gasteiger partial charge on any atom is -0.508 e. The molecule has 12 heteroatoms. The number of nitrogens with zero attached hydrogens (tertiary/aromatic N) is 1. The molecule has 0 bridgehead atoms. The van der Waals surface area contributed by atoms with Gasteiger partial charge >= 0.3 is 12.1 Å². The first kappa shape index (κ1) is 35.2. The Bertz CT molecular complexity index is 1040. The molecule has 3 unspecified atom stereocenters. The van der Waals surface area contributed by atoms with Crippen molar-refractivity contribution in [1.82, 2.24) is 15.5 Å². The van der Waals surface area contributed by atoms with Gasteiger partial charge in [-0.2, -0.15) is 0 Å². The molecule has 4 amide bonds. The van der Waals surface area contributed by atoms with Crippen LogP contribution in [0.1, 0.15) is 85.8 Å². The Balaban J connectivity index is 3.56. The fraction of sp³-hybridized carbons (Fsp3) is 0.621. The Hall–Kier alpha value is -3.83. The minimum atomic E-state index is -1.42. The maximum absolute atomic E-state index is 14.2. The van der Waals surface area contributed by atoms with E-state index >= 15 is 0 Å². The van der Waals surface area contributed by atoms with E-state index in [-0.39, 0.29) is 25.3 Å². The van der Waals surface area contributed by atoms with Crippen LogP contribution in [0.4, 0.5) is 4.79 Å². The molecule has 3 atom stereocenters. The molecule has 0 radical (unpaired) electrons. The fourth-order valence-corrected chi connectivity index (χ4v) is 4.06. The zero-order chi connectivity index (χ0) is 31.3. The molecule has 1 aromatic rings. The molecular formula is C29H46N4O8. The van der Waals surface area contributed by atoms with Gasteiger partial charge in [0.1, 0.15) is 23.4 Å². The van der Waals surface area contributed by atoms with E-state index < -0.39 is 59.9 Å². The minimum absolute atomic E-state index is 0.0425. The van der Waals surface area contributed by atoms with Crippen LogP contribution in [0.5, 0.6) is 5.75 Å². The van der Waals surface area contributed by atoms with Gasteiger partial charge in [0.2, 0.25) is 17.7 Å². The van der Waals surface area contributed by atoms with Gasteiger partial charge in [0.25, 0.3) is 0 Å². The Morgan fingerprint density at radius 2 is 1.63 bits per heavy atom. The van der Waals surface area contributed by atoms with Crippen molar-refractivity contribution in [2.75, 3.05) is 13.2 Å². The first-order valence-corrected chi connectivity index (χ1v) is 13.9. The van der Waals surface area contributed by atoms with Crippen molar-refractivity contribution in [3.8, 4) is 5.75 Å². The van der Waals surface area contributed by atoms with E-state index in [2.05, 4.69) is 10.6 Å². The SMILES string of the molecule is CCOC(=O)CCNC(=O)C(c1ccc(O)cc1)N(C(=O)C(CC(N)=O)NC(=O)OC(C)(C)C)C(C)CCC(C)C. The highest BCUT2D eigenvalue weighted by atomic mass is 16.6. The third-order valence-electron chi connectivity index (χ3n) is 5.95. The molecule has 0 aliphatic rings. The lowest BCUT2D eigenvalue weighted by Crippen LogP contribution is -2.56. The molecule has 0 fully saturated rings.